The lowest BCUT2D eigenvalue weighted by Crippen LogP contribution is -2.23. The number of anilines is 1. The Balaban J connectivity index is 1.72. The standard InChI is InChI=1S/C22H17ClN4O3S2/c1-12-17-20(32-18(12)19(24)29)26-22(27(21(17)30)15-5-3-2-4-6-15)31-11-16(28)25-14-9-7-13(23)8-10-14/h2-10H,11H2,1H3,(H2,24,29)(H,25,28). The van der Waals surface area contributed by atoms with E-state index in [9.17, 15) is 14.4 Å². The molecular formula is C22H17ClN4O3S2. The molecule has 162 valence electrons. The lowest BCUT2D eigenvalue weighted by Gasteiger charge is -2.12. The Kier molecular flexibility index (Phi) is 6.31. The molecule has 0 unspecified atom stereocenters. The molecule has 0 atom stereocenters. The summed E-state index contributed by atoms with van der Waals surface area (Å²) in [6.45, 7) is 1.68. The van der Waals surface area contributed by atoms with Crippen molar-refractivity contribution in [1.82, 2.24) is 9.55 Å². The van der Waals surface area contributed by atoms with Crippen molar-refractivity contribution in [3.63, 3.8) is 0 Å². The van der Waals surface area contributed by atoms with Crippen molar-refractivity contribution in [3.05, 3.63) is 80.4 Å². The minimum absolute atomic E-state index is 0.0282. The first-order chi connectivity index (χ1) is 15.3. The number of benzene rings is 2. The molecule has 32 heavy (non-hydrogen) atoms. The summed E-state index contributed by atoms with van der Waals surface area (Å²) in [6, 6.07) is 15.8. The second-order valence-corrected chi connectivity index (χ2v) is 9.19. The predicted molar refractivity (Wildman–Crippen MR) is 129 cm³/mol. The van der Waals surface area contributed by atoms with E-state index < -0.39 is 5.91 Å². The van der Waals surface area contributed by atoms with E-state index in [0.29, 0.717) is 42.2 Å². The molecule has 0 spiro atoms. The second kappa shape index (κ2) is 9.15. The number of amides is 2. The maximum Gasteiger partial charge on any atom is 0.267 e. The second-order valence-electron chi connectivity index (χ2n) is 6.81. The van der Waals surface area contributed by atoms with E-state index >= 15 is 0 Å². The number of nitrogens with one attached hydrogen (secondary N) is 1. The fraction of sp³-hybridized carbons (Fsp3) is 0.0909. The van der Waals surface area contributed by atoms with Gasteiger partial charge in [-0.2, -0.15) is 0 Å². The summed E-state index contributed by atoms with van der Waals surface area (Å²) < 4.78 is 1.45. The third-order valence-corrected chi connectivity index (χ3v) is 7.02. The fourth-order valence-electron chi connectivity index (χ4n) is 3.16. The minimum atomic E-state index is -0.604. The van der Waals surface area contributed by atoms with Gasteiger partial charge >= 0.3 is 0 Å². The maximum absolute atomic E-state index is 13.4. The number of rotatable bonds is 6. The summed E-state index contributed by atoms with van der Waals surface area (Å²) >= 11 is 8.08. The average molecular weight is 485 g/mol. The van der Waals surface area contributed by atoms with Crippen LogP contribution < -0.4 is 16.6 Å². The van der Waals surface area contributed by atoms with Gasteiger partial charge in [0.05, 0.1) is 21.7 Å². The van der Waals surface area contributed by atoms with E-state index in [4.69, 9.17) is 17.3 Å². The number of fused-ring (bicyclic) bond motifs is 1. The number of nitrogens with two attached hydrogens (primary N) is 1. The number of para-hydroxylation sites is 1. The van der Waals surface area contributed by atoms with Gasteiger partial charge in [-0.05, 0) is 48.9 Å². The lowest BCUT2D eigenvalue weighted by molar-refractivity contribution is -0.113. The van der Waals surface area contributed by atoms with Gasteiger partial charge in [0.2, 0.25) is 5.91 Å². The molecule has 2 heterocycles. The summed E-state index contributed by atoms with van der Waals surface area (Å²) in [5.74, 6) is -0.834. The highest BCUT2D eigenvalue weighted by atomic mass is 35.5. The van der Waals surface area contributed by atoms with E-state index in [-0.39, 0.29) is 17.2 Å². The number of thioether (sulfide) groups is 1. The number of hydrogen-bond acceptors (Lipinski definition) is 6. The molecule has 2 aromatic heterocycles. The van der Waals surface area contributed by atoms with Crippen LogP contribution in [0.25, 0.3) is 15.9 Å². The molecule has 4 rings (SSSR count). The van der Waals surface area contributed by atoms with Crippen molar-refractivity contribution in [2.75, 3.05) is 11.1 Å². The first kappa shape index (κ1) is 22.1. The van der Waals surface area contributed by atoms with Crippen LogP contribution in [-0.2, 0) is 4.79 Å². The fourth-order valence-corrected chi connectivity index (χ4v) is 5.17. The number of aromatic nitrogens is 2. The normalized spacial score (nSPS) is 10.9. The van der Waals surface area contributed by atoms with Crippen LogP contribution in [0.15, 0.2) is 64.5 Å². The average Bonchev–Trinajstić information content (AvgIpc) is 3.11. The zero-order valence-corrected chi connectivity index (χ0v) is 19.2. The number of thiophene rings is 1. The van der Waals surface area contributed by atoms with E-state index in [0.717, 1.165) is 23.1 Å². The third kappa shape index (κ3) is 4.40. The zero-order chi connectivity index (χ0) is 22.8. The number of carbonyl (C=O) groups is 2. The number of nitrogens with zero attached hydrogens (tertiary/aromatic N) is 2. The molecule has 0 aliphatic carbocycles. The molecule has 0 saturated carbocycles. The van der Waals surface area contributed by atoms with Crippen LogP contribution in [0.3, 0.4) is 0 Å². The largest absolute Gasteiger partial charge is 0.365 e. The zero-order valence-electron chi connectivity index (χ0n) is 16.8. The molecule has 2 aromatic carbocycles. The van der Waals surface area contributed by atoms with E-state index in [1.165, 1.54) is 4.57 Å². The molecule has 0 aliphatic rings. The van der Waals surface area contributed by atoms with Gasteiger partial charge in [-0.25, -0.2) is 4.98 Å². The number of aryl methyl sites for hydroxylation is 1. The molecule has 0 bridgehead atoms. The predicted octanol–water partition coefficient (Wildman–Crippen LogP) is 4.24. The van der Waals surface area contributed by atoms with Crippen molar-refractivity contribution < 1.29 is 9.59 Å². The number of carbonyl (C=O) groups excluding carboxylic acids is 2. The van der Waals surface area contributed by atoms with E-state index in [1.807, 2.05) is 18.2 Å². The Morgan fingerprint density at radius 1 is 1.16 bits per heavy atom. The van der Waals surface area contributed by atoms with Crippen LogP contribution in [0.2, 0.25) is 5.02 Å². The molecule has 2 amide bonds. The van der Waals surface area contributed by atoms with Crippen LogP contribution in [0.5, 0.6) is 0 Å². The van der Waals surface area contributed by atoms with Gasteiger partial charge in [-0.3, -0.25) is 19.0 Å². The summed E-state index contributed by atoms with van der Waals surface area (Å²) in [7, 11) is 0. The van der Waals surface area contributed by atoms with Crippen LogP contribution in [-0.4, -0.2) is 27.1 Å². The number of halogens is 1. The number of hydrogen-bond donors (Lipinski definition) is 2. The molecule has 3 N–H and O–H groups in total. The van der Waals surface area contributed by atoms with Crippen LogP contribution >= 0.6 is 34.7 Å². The first-order valence-electron chi connectivity index (χ1n) is 9.44. The molecular weight excluding hydrogens is 468 g/mol. The van der Waals surface area contributed by atoms with Crippen LogP contribution in [0.1, 0.15) is 15.2 Å². The Labute approximate surface area is 196 Å². The first-order valence-corrected chi connectivity index (χ1v) is 11.6. The quantitative estimate of drug-likeness (QED) is 0.314. The van der Waals surface area contributed by atoms with Crippen molar-refractivity contribution in [3.8, 4) is 5.69 Å². The van der Waals surface area contributed by atoms with E-state index in [2.05, 4.69) is 10.3 Å². The van der Waals surface area contributed by atoms with Crippen molar-refractivity contribution >= 4 is 62.4 Å². The van der Waals surface area contributed by atoms with E-state index in [1.54, 1.807) is 43.3 Å². The summed E-state index contributed by atoms with van der Waals surface area (Å²) in [6.07, 6.45) is 0. The molecule has 0 saturated heterocycles. The van der Waals surface area contributed by atoms with Gasteiger partial charge in [0.1, 0.15) is 4.83 Å². The molecule has 0 aliphatic heterocycles. The van der Waals surface area contributed by atoms with Gasteiger partial charge in [0.25, 0.3) is 11.5 Å². The third-order valence-electron chi connectivity index (χ3n) is 4.63. The minimum Gasteiger partial charge on any atom is -0.365 e. The van der Waals surface area contributed by atoms with Gasteiger partial charge in [0.15, 0.2) is 5.16 Å². The van der Waals surface area contributed by atoms with Crippen LogP contribution in [0.4, 0.5) is 5.69 Å². The lowest BCUT2D eigenvalue weighted by atomic mass is 10.2. The van der Waals surface area contributed by atoms with Gasteiger partial charge in [0, 0.05) is 10.7 Å². The number of primary amides is 1. The Morgan fingerprint density at radius 3 is 2.50 bits per heavy atom. The van der Waals surface area contributed by atoms with Crippen molar-refractivity contribution in [2.24, 2.45) is 5.73 Å². The smallest absolute Gasteiger partial charge is 0.267 e. The Hall–Kier alpha value is -3.14. The molecule has 0 radical (unpaired) electrons. The molecule has 7 nitrogen and oxygen atoms in total. The summed E-state index contributed by atoms with van der Waals surface area (Å²) in [5, 5.41) is 4.05. The molecule has 10 heteroatoms. The summed E-state index contributed by atoms with van der Waals surface area (Å²) in [5.41, 5.74) is 6.88. The Bertz CT molecular complexity index is 1380. The van der Waals surface area contributed by atoms with Crippen LogP contribution in [0, 0.1) is 6.92 Å². The SMILES string of the molecule is Cc1c(C(N)=O)sc2nc(SCC(=O)Nc3ccc(Cl)cc3)n(-c3ccccc3)c(=O)c12. The van der Waals surface area contributed by atoms with Gasteiger partial charge in [-0.1, -0.05) is 41.6 Å². The topological polar surface area (TPSA) is 107 Å². The van der Waals surface area contributed by atoms with Gasteiger partial charge in [-0.15, -0.1) is 11.3 Å². The van der Waals surface area contributed by atoms with Crippen molar-refractivity contribution in [1.29, 1.82) is 0 Å². The molecule has 0 fully saturated rings. The highest BCUT2D eigenvalue weighted by Crippen LogP contribution is 2.30. The monoisotopic (exact) mass is 484 g/mol. The van der Waals surface area contributed by atoms with Crippen molar-refractivity contribution in [2.45, 2.75) is 12.1 Å². The maximum atomic E-state index is 13.4. The molecule has 4 aromatic rings. The van der Waals surface area contributed by atoms with Gasteiger partial charge < -0.3 is 11.1 Å². The Morgan fingerprint density at radius 2 is 1.84 bits per heavy atom. The summed E-state index contributed by atoms with van der Waals surface area (Å²) in [4.78, 5) is 43.0. The highest BCUT2D eigenvalue weighted by Gasteiger charge is 2.21. The highest BCUT2D eigenvalue weighted by molar-refractivity contribution is 7.99.